The highest BCUT2D eigenvalue weighted by Crippen LogP contribution is 2.40. The Balaban J connectivity index is 1.27. The summed E-state index contributed by atoms with van der Waals surface area (Å²) < 4.78 is 38.2. The number of aromatic nitrogens is 4. The molecule has 1 saturated carbocycles. The van der Waals surface area contributed by atoms with Crippen molar-refractivity contribution in [3.63, 3.8) is 0 Å². The molecule has 13 heteroatoms. The van der Waals surface area contributed by atoms with E-state index in [1.807, 2.05) is 30.0 Å². The van der Waals surface area contributed by atoms with E-state index in [-0.39, 0.29) is 24.7 Å². The third kappa shape index (κ3) is 6.29. The first-order valence-corrected chi connectivity index (χ1v) is 12.8. The molecule has 0 unspecified atom stereocenters. The number of carbonyl (C=O) groups is 1. The summed E-state index contributed by atoms with van der Waals surface area (Å²) in [4.78, 5) is 30.6. The predicted octanol–water partition coefficient (Wildman–Crippen LogP) is 4.35. The molecule has 2 fully saturated rings. The zero-order valence-electron chi connectivity index (χ0n) is 21.4. The molecule has 206 valence electrons. The molecule has 0 bridgehead atoms. The fraction of sp³-hybridized carbons (Fsp3) is 0.423. The molecule has 1 saturated heterocycles. The summed E-state index contributed by atoms with van der Waals surface area (Å²) in [5, 5.41) is 10.2. The summed E-state index contributed by atoms with van der Waals surface area (Å²) in [5.74, 6) is 1.54. The van der Waals surface area contributed by atoms with E-state index in [2.05, 4.69) is 35.5 Å². The molecule has 1 aliphatic carbocycles. The minimum Gasteiger partial charge on any atom is -0.377 e. The van der Waals surface area contributed by atoms with Gasteiger partial charge in [0.25, 0.3) is 0 Å². The minimum atomic E-state index is -4.51. The zero-order valence-corrected chi connectivity index (χ0v) is 21.4. The van der Waals surface area contributed by atoms with Gasteiger partial charge in [-0.05, 0) is 56.9 Å². The van der Waals surface area contributed by atoms with Gasteiger partial charge in [0, 0.05) is 42.4 Å². The number of Topliss-reactive ketones (excluding diaryl/α,β-unsaturated/α-hetero) is 1. The molecule has 10 nitrogen and oxygen atoms in total. The fourth-order valence-corrected chi connectivity index (χ4v) is 4.83. The van der Waals surface area contributed by atoms with Gasteiger partial charge in [-0.1, -0.05) is 0 Å². The number of hydrogen-bond donors (Lipinski definition) is 4. The third-order valence-corrected chi connectivity index (χ3v) is 7.03. The molecule has 39 heavy (non-hydrogen) atoms. The monoisotopic (exact) mass is 541 g/mol. The molecule has 0 radical (unpaired) electrons. The number of H-pyrrole nitrogens is 2. The van der Waals surface area contributed by atoms with Gasteiger partial charge >= 0.3 is 6.18 Å². The molecule has 0 spiro atoms. The van der Waals surface area contributed by atoms with Crippen LogP contribution in [0.5, 0.6) is 0 Å². The Morgan fingerprint density at radius 1 is 1.31 bits per heavy atom. The quantitative estimate of drug-likeness (QED) is 0.247. The van der Waals surface area contributed by atoms with Crippen LogP contribution in [-0.2, 0) is 11.0 Å². The number of likely N-dealkylation sites (tertiary alicyclic amines) is 1. The highest BCUT2D eigenvalue weighted by Gasteiger charge is 2.39. The third-order valence-electron chi connectivity index (χ3n) is 7.03. The number of carbonyl (C=O) groups excluding carboxylic acids is 1. The Hall–Kier alpha value is -4.16. The summed E-state index contributed by atoms with van der Waals surface area (Å²) in [6.45, 7) is 2.54. The highest BCUT2D eigenvalue weighted by molar-refractivity contribution is 6.05. The molecule has 1 aliphatic heterocycles. The van der Waals surface area contributed by atoms with Crippen molar-refractivity contribution >= 4 is 29.1 Å². The molecule has 3 aromatic rings. The molecular formula is C26H30F3N9O. The Bertz CT molecular complexity index is 1360. The lowest BCUT2D eigenvalue weighted by Gasteiger charge is -2.35. The molecule has 5 N–H and O–H groups in total. The second-order valence-electron chi connectivity index (χ2n) is 10.2. The maximum absolute atomic E-state index is 12.9. The van der Waals surface area contributed by atoms with Crippen LogP contribution < -0.4 is 11.1 Å². The molecule has 4 heterocycles. The number of ketones is 1. The van der Waals surface area contributed by atoms with Gasteiger partial charge in [-0.3, -0.25) is 9.89 Å². The molecule has 3 aromatic heterocycles. The number of alkyl halides is 3. The van der Waals surface area contributed by atoms with Crippen molar-refractivity contribution in [1.82, 2.24) is 25.1 Å². The summed E-state index contributed by atoms with van der Waals surface area (Å²) in [5.41, 5.74) is 7.01. The second kappa shape index (κ2) is 10.5. The van der Waals surface area contributed by atoms with E-state index in [0.29, 0.717) is 35.5 Å². The maximum Gasteiger partial charge on any atom is 0.433 e. The lowest BCUT2D eigenvalue weighted by molar-refractivity contribution is -0.141. The standard InChI is InChI=1S/C26H30F3N9O/c1-25(13-18(39)15-32-17-7-8-21(33-14-17)26(27,28)29)9-3-11-38(25)24(30)35-23(19-4-2-10-31-19)34-22-12-20(36-37-22)16-5-6-16/h2,4,7-8,10,12,14,16,31-32H,3,5-6,9,11,13,15H2,1H3,(H3,30,34,35,36,37)/t25-/m0/s1. The van der Waals surface area contributed by atoms with Gasteiger partial charge in [0.05, 0.1) is 24.1 Å². The van der Waals surface area contributed by atoms with Gasteiger partial charge < -0.3 is 20.9 Å². The first-order valence-electron chi connectivity index (χ1n) is 12.8. The first kappa shape index (κ1) is 26.4. The molecular weight excluding hydrogens is 511 g/mol. The van der Waals surface area contributed by atoms with E-state index >= 15 is 0 Å². The number of pyridine rings is 1. The Labute approximate surface area is 223 Å². The van der Waals surface area contributed by atoms with Gasteiger partial charge in [0.2, 0.25) is 0 Å². The highest BCUT2D eigenvalue weighted by atomic mass is 19.4. The summed E-state index contributed by atoms with van der Waals surface area (Å²) in [7, 11) is 0. The van der Waals surface area contributed by atoms with Crippen molar-refractivity contribution < 1.29 is 18.0 Å². The van der Waals surface area contributed by atoms with E-state index in [0.717, 1.165) is 43.6 Å². The number of guanidine groups is 1. The predicted molar refractivity (Wildman–Crippen MR) is 141 cm³/mol. The molecule has 2 aliphatic rings. The van der Waals surface area contributed by atoms with Crippen LogP contribution >= 0.6 is 0 Å². The van der Waals surface area contributed by atoms with Crippen LogP contribution in [0.4, 0.5) is 24.7 Å². The summed E-state index contributed by atoms with van der Waals surface area (Å²) in [6.07, 6.45) is 2.35. The van der Waals surface area contributed by atoms with Crippen LogP contribution in [0.15, 0.2) is 52.7 Å². The van der Waals surface area contributed by atoms with Gasteiger partial charge in [0.15, 0.2) is 23.4 Å². The number of aromatic amines is 2. The topological polar surface area (TPSA) is 140 Å². The minimum absolute atomic E-state index is 0.0504. The van der Waals surface area contributed by atoms with Crippen LogP contribution in [0.3, 0.4) is 0 Å². The van der Waals surface area contributed by atoms with Crippen LogP contribution in [0.25, 0.3) is 0 Å². The normalized spacial score (nSPS) is 20.5. The molecule has 0 amide bonds. The lowest BCUT2D eigenvalue weighted by Crippen LogP contribution is -2.50. The zero-order chi connectivity index (χ0) is 27.6. The van der Waals surface area contributed by atoms with Crippen LogP contribution in [0.1, 0.15) is 62.0 Å². The number of halogens is 3. The average molecular weight is 542 g/mol. The van der Waals surface area contributed by atoms with Crippen molar-refractivity contribution in [2.24, 2.45) is 15.7 Å². The SMILES string of the molecule is C[C@@]1(CC(=O)CNc2ccc(C(F)(F)F)nc2)CCCN1C(N)=NC(=Nc1cc(C2CC2)[nH]n1)c1ccc[nH]1. The van der Waals surface area contributed by atoms with Gasteiger partial charge in [0.1, 0.15) is 5.69 Å². The van der Waals surface area contributed by atoms with E-state index < -0.39 is 17.4 Å². The van der Waals surface area contributed by atoms with Gasteiger partial charge in [-0.2, -0.15) is 23.3 Å². The number of anilines is 1. The van der Waals surface area contributed by atoms with E-state index in [9.17, 15) is 18.0 Å². The lowest BCUT2D eigenvalue weighted by atomic mass is 9.92. The van der Waals surface area contributed by atoms with Gasteiger partial charge in [-0.15, -0.1) is 0 Å². The number of amidine groups is 1. The van der Waals surface area contributed by atoms with E-state index in [1.54, 1.807) is 6.20 Å². The number of nitrogens with two attached hydrogens (primary N) is 1. The van der Waals surface area contributed by atoms with Crippen molar-refractivity contribution in [2.75, 3.05) is 18.4 Å². The Morgan fingerprint density at radius 2 is 2.13 bits per heavy atom. The summed E-state index contributed by atoms with van der Waals surface area (Å²) >= 11 is 0. The maximum atomic E-state index is 12.9. The van der Waals surface area contributed by atoms with Crippen LogP contribution in [0, 0.1) is 0 Å². The largest absolute Gasteiger partial charge is 0.433 e. The van der Waals surface area contributed by atoms with Crippen molar-refractivity contribution in [2.45, 2.75) is 56.7 Å². The first-order chi connectivity index (χ1) is 18.6. The van der Waals surface area contributed by atoms with Crippen LogP contribution in [0.2, 0.25) is 0 Å². The molecule has 0 aromatic carbocycles. The summed E-state index contributed by atoms with van der Waals surface area (Å²) in [6, 6.07) is 7.74. The average Bonchev–Trinajstić information content (AvgIpc) is 3.25. The number of hydrogen-bond acceptors (Lipinski definition) is 5. The molecule has 5 rings (SSSR count). The number of nitrogens with one attached hydrogen (secondary N) is 3. The fourth-order valence-electron chi connectivity index (χ4n) is 4.83. The molecule has 1 atom stereocenters. The van der Waals surface area contributed by atoms with Crippen molar-refractivity contribution in [1.29, 1.82) is 0 Å². The number of aliphatic imine (C=N–C) groups is 2. The smallest absolute Gasteiger partial charge is 0.377 e. The van der Waals surface area contributed by atoms with E-state index in [4.69, 9.17) is 5.73 Å². The van der Waals surface area contributed by atoms with Crippen molar-refractivity contribution in [3.05, 3.63) is 59.8 Å². The number of nitrogens with zero attached hydrogens (tertiary/aromatic N) is 5. The Kier molecular flexibility index (Phi) is 7.15. The van der Waals surface area contributed by atoms with Crippen molar-refractivity contribution in [3.8, 4) is 0 Å². The Morgan fingerprint density at radius 3 is 2.79 bits per heavy atom. The van der Waals surface area contributed by atoms with Gasteiger partial charge in [-0.25, -0.2) is 9.98 Å². The number of rotatable bonds is 8. The second-order valence-corrected chi connectivity index (χ2v) is 10.2. The van der Waals surface area contributed by atoms with E-state index in [1.165, 1.54) is 6.07 Å². The van der Waals surface area contributed by atoms with Crippen LogP contribution in [-0.4, -0.2) is 61.3 Å².